The van der Waals surface area contributed by atoms with Gasteiger partial charge >= 0.3 is 0 Å². The van der Waals surface area contributed by atoms with Gasteiger partial charge in [-0.15, -0.1) is 0 Å². The Kier molecular flexibility index (Phi) is 1.09. The van der Waals surface area contributed by atoms with Gasteiger partial charge in [0.1, 0.15) is 0 Å². The third-order valence-corrected chi connectivity index (χ3v) is 2.63. The summed E-state index contributed by atoms with van der Waals surface area (Å²) in [5.74, 6) is 0. The van der Waals surface area contributed by atoms with Gasteiger partial charge in [-0.2, -0.15) is 0 Å². The minimum atomic E-state index is 1.09. The molecule has 2 aliphatic carbocycles. The number of fused-ring (bicyclic) bond motifs is 3. The van der Waals surface area contributed by atoms with Crippen LogP contribution in [0.2, 0.25) is 0 Å². The van der Waals surface area contributed by atoms with Gasteiger partial charge in [-0.05, 0) is 35.1 Å². The SMILES string of the molecule is C1=CCc2ccc3c(c2C=C1)C3. The lowest BCUT2D eigenvalue weighted by Crippen LogP contribution is -1.84. The van der Waals surface area contributed by atoms with Crippen LogP contribution >= 0.6 is 0 Å². The summed E-state index contributed by atoms with van der Waals surface area (Å²) >= 11 is 0. The fourth-order valence-electron chi connectivity index (χ4n) is 1.87. The van der Waals surface area contributed by atoms with Gasteiger partial charge in [0.25, 0.3) is 0 Å². The number of hydrogen-bond donors (Lipinski definition) is 0. The highest BCUT2D eigenvalue weighted by Gasteiger charge is 2.21. The zero-order chi connectivity index (χ0) is 7.97. The average molecular weight is 154 g/mol. The number of hydrogen-bond acceptors (Lipinski definition) is 0. The van der Waals surface area contributed by atoms with Crippen molar-refractivity contribution in [2.75, 3.05) is 0 Å². The molecule has 3 rings (SSSR count). The quantitative estimate of drug-likeness (QED) is 0.547. The van der Waals surface area contributed by atoms with Gasteiger partial charge in [0, 0.05) is 0 Å². The van der Waals surface area contributed by atoms with E-state index in [0.717, 1.165) is 6.42 Å². The minimum absolute atomic E-state index is 1.09. The third kappa shape index (κ3) is 0.781. The van der Waals surface area contributed by atoms with Crippen molar-refractivity contribution in [3.63, 3.8) is 0 Å². The number of allylic oxidation sites excluding steroid dienone is 3. The maximum Gasteiger partial charge on any atom is -0.00138 e. The molecule has 1 aromatic carbocycles. The molecule has 2 aliphatic rings. The van der Waals surface area contributed by atoms with Crippen molar-refractivity contribution in [2.45, 2.75) is 12.8 Å². The Morgan fingerprint density at radius 1 is 1.00 bits per heavy atom. The van der Waals surface area contributed by atoms with Crippen LogP contribution in [0.5, 0.6) is 0 Å². The topological polar surface area (TPSA) is 0 Å². The Morgan fingerprint density at radius 3 is 2.92 bits per heavy atom. The molecule has 0 saturated carbocycles. The lowest BCUT2D eigenvalue weighted by atomic mass is 10.1. The summed E-state index contributed by atoms with van der Waals surface area (Å²) in [7, 11) is 0. The summed E-state index contributed by atoms with van der Waals surface area (Å²) in [5, 5.41) is 0. The van der Waals surface area contributed by atoms with E-state index >= 15 is 0 Å². The fraction of sp³-hybridized carbons (Fsp3) is 0.167. The summed E-state index contributed by atoms with van der Waals surface area (Å²) < 4.78 is 0. The van der Waals surface area contributed by atoms with Crippen LogP contribution in [0.1, 0.15) is 22.3 Å². The van der Waals surface area contributed by atoms with E-state index < -0.39 is 0 Å². The van der Waals surface area contributed by atoms with E-state index in [0.29, 0.717) is 0 Å². The van der Waals surface area contributed by atoms with Crippen LogP contribution in [0.4, 0.5) is 0 Å². The van der Waals surface area contributed by atoms with Gasteiger partial charge in [-0.1, -0.05) is 36.4 Å². The summed E-state index contributed by atoms with van der Waals surface area (Å²) in [5.41, 5.74) is 6.08. The molecule has 12 heavy (non-hydrogen) atoms. The standard InChI is InChI=1S/C12H10/c1-2-4-9-6-7-10-8-12(10)11(9)5-3-1/h1-3,5-7H,4,8H2. The van der Waals surface area contributed by atoms with E-state index in [1.807, 2.05) is 0 Å². The molecule has 0 N–H and O–H groups in total. The molecule has 58 valence electrons. The fourth-order valence-corrected chi connectivity index (χ4v) is 1.87. The van der Waals surface area contributed by atoms with E-state index in [9.17, 15) is 0 Å². The van der Waals surface area contributed by atoms with Gasteiger partial charge in [0.2, 0.25) is 0 Å². The second-order valence-electron chi connectivity index (χ2n) is 3.44. The zero-order valence-corrected chi connectivity index (χ0v) is 6.88. The van der Waals surface area contributed by atoms with Crippen molar-refractivity contribution in [1.29, 1.82) is 0 Å². The van der Waals surface area contributed by atoms with Crippen molar-refractivity contribution in [3.05, 3.63) is 52.6 Å². The summed E-state index contributed by atoms with van der Waals surface area (Å²) in [6.45, 7) is 0. The van der Waals surface area contributed by atoms with Crippen LogP contribution in [0.3, 0.4) is 0 Å². The van der Waals surface area contributed by atoms with Crippen LogP contribution in [0, 0.1) is 0 Å². The molecule has 0 amide bonds. The van der Waals surface area contributed by atoms with Crippen molar-refractivity contribution in [3.8, 4) is 0 Å². The molecule has 0 aliphatic heterocycles. The van der Waals surface area contributed by atoms with Crippen molar-refractivity contribution < 1.29 is 0 Å². The third-order valence-electron chi connectivity index (χ3n) is 2.63. The molecule has 1 aromatic rings. The Morgan fingerprint density at radius 2 is 1.92 bits per heavy atom. The van der Waals surface area contributed by atoms with Crippen molar-refractivity contribution >= 4 is 6.08 Å². The molecule has 0 nitrogen and oxygen atoms in total. The average Bonchev–Trinajstić information content (AvgIpc) is 2.87. The van der Waals surface area contributed by atoms with Gasteiger partial charge in [-0.3, -0.25) is 0 Å². The highest BCUT2D eigenvalue weighted by atomic mass is 14.3. The molecule has 0 heterocycles. The number of rotatable bonds is 0. The summed E-state index contributed by atoms with van der Waals surface area (Å²) in [6, 6.07) is 4.53. The summed E-state index contributed by atoms with van der Waals surface area (Å²) in [6.07, 6.45) is 11.1. The van der Waals surface area contributed by atoms with Crippen LogP contribution in [-0.2, 0) is 12.8 Å². The highest BCUT2D eigenvalue weighted by molar-refractivity contribution is 5.68. The molecule has 0 spiro atoms. The first-order valence-corrected chi connectivity index (χ1v) is 4.42. The Balaban J connectivity index is 2.25. The normalized spacial score (nSPS) is 16.7. The Hall–Kier alpha value is -1.30. The largest absolute Gasteiger partial charge is 0.0801 e. The van der Waals surface area contributed by atoms with Crippen molar-refractivity contribution in [1.82, 2.24) is 0 Å². The van der Waals surface area contributed by atoms with Crippen LogP contribution in [-0.4, -0.2) is 0 Å². The smallest absolute Gasteiger partial charge is 0.00138 e. The molecule has 0 unspecified atom stereocenters. The molecule has 0 bridgehead atoms. The van der Waals surface area contributed by atoms with E-state index in [1.165, 1.54) is 17.5 Å². The monoisotopic (exact) mass is 154 g/mol. The second kappa shape index (κ2) is 2.10. The zero-order valence-electron chi connectivity index (χ0n) is 6.88. The highest BCUT2D eigenvalue weighted by Crippen LogP contribution is 2.35. The van der Waals surface area contributed by atoms with Gasteiger partial charge in [-0.25, -0.2) is 0 Å². The second-order valence-corrected chi connectivity index (χ2v) is 3.44. The minimum Gasteiger partial charge on any atom is -0.0801 e. The van der Waals surface area contributed by atoms with E-state index in [1.54, 1.807) is 11.1 Å². The first-order valence-electron chi connectivity index (χ1n) is 4.42. The number of benzene rings is 1. The predicted molar refractivity (Wildman–Crippen MR) is 51.1 cm³/mol. The molecule has 0 radical (unpaired) electrons. The Labute approximate surface area is 72.2 Å². The molecule has 0 atom stereocenters. The molecular formula is C12H10. The van der Waals surface area contributed by atoms with Gasteiger partial charge in [0.05, 0.1) is 0 Å². The van der Waals surface area contributed by atoms with E-state index in [-0.39, 0.29) is 0 Å². The lowest BCUT2D eigenvalue weighted by molar-refractivity contribution is 1.27. The molecule has 0 heteroatoms. The van der Waals surface area contributed by atoms with E-state index in [2.05, 4.69) is 36.4 Å². The maximum atomic E-state index is 2.27. The predicted octanol–water partition coefficient (Wildman–Crippen LogP) is 2.72. The first-order chi connectivity index (χ1) is 5.95. The molecule has 0 aromatic heterocycles. The van der Waals surface area contributed by atoms with Crippen molar-refractivity contribution in [2.24, 2.45) is 0 Å². The molecular weight excluding hydrogens is 144 g/mol. The Bertz CT molecular complexity index is 395. The molecule has 0 fully saturated rings. The van der Waals surface area contributed by atoms with Gasteiger partial charge < -0.3 is 0 Å². The van der Waals surface area contributed by atoms with E-state index in [4.69, 9.17) is 0 Å². The van der Waals surface area contributed by atoms with Crippen LogP contribution < -0.4 is 0 Å². The maximum absolute atomic E-state index is 2.27. The van der Waals surface area contributed by atoms with Gasteiger partial charge in [0.15, 0.2) is 0 Å². The van der Waals surface area contributed by atoms with Crippen LogP contribution in [0.25, 0.3) is 6.08 Å². The molecule has 0 saturated heterocycles. The lowest BCUT2D eigenvalue weighted by Gasteiger charge is -1.99. The summed E-state index contributed by atoms with van der Waals surface area (Å²) in [4.78, 5) is 0. The first kappa shape index (κ1) is 6.24. The van der Waals surface area contributed by atoms with Crippen LogP contribution in [0.15, 0.2) is 30.4 Å².